The van der Waals surface area contributed by atoms with Crippen LogP contribution in [0.4, 0.5) is 0 Å². The van der Waals surface area contributed by atoms with Gasteiger partial charge in [0.2, 0.25) is 0 Å². The van der Waals surface area contributed by atoms with Gasteiger partial charge in [-0.3, -0.25) is 0 Å². The van der Waals surface area contributed by atoms with Crippen LogP contribution < -0.4 is 5.32 Å². The average Bonchev–Trinajstić information content (AvgIpc) is 2.52. The lowest BCUT2D eigenvalue weighted by Gasteiger charge is -2.17. The summed E-state index contributed by atoms with van der Waals surface area (Å²) in [7, 11) is 0. The number of aliphatic hydroxyl groups excluding tert-OH is 1. The van der Waals surface area contributed by atoms with Crippen molar-refractivity contribution in [2.45, 2.75) is 51.6 Å². The van der Waals surface area contributed by atoms with E-state index in [0.29, 0.717) is 6.04 Å². The van der Waals surface area contributed by atoms with Gasteiger partial charge in [0.05, 0.1) is 6.61 Å². The second-order valence-corrected chi connectivity index (χ2v) is 4.03. The minimum Gasteiger partial charge on any atom is -0.395 e. The Balaban J connectivity index is 2.18. The minimum absolute atomic E-state index is 0.257. The Hall–Kier alpha value is -0.0800. The van der Waals surface area contributed by atoms with E-state index in [1.165, 1.54) is 25.7 Å². The Morgan fingerprint density at radius 3 is 2.75 bits per heavy atom. The number of nitrogens with one attached hydrogen (secondary N) is 1. The van der Waals surface area contributed by atoms with E-state index >= 15 is 0 Å². The molecular formula is C10H21NO. The SMILES string of the molecule is CCC1CCC(N[C@@H](C)CO)C1. The molecule has 0 heterocycles. The predicted molar refractivity (Wildman–Crippen MR) is 51.1 cm³/mol. The van der Waals surface area contributed by atoms with Crippen LogP contribution in [0.1, 0.15) is 39.5 Å². The van der Waals surface area contributed by atoms with E-state index in [9.17, 15) is 0 Å². The molecule has 1 rings (SSSR count). The second-order valence-electron chi connectivity index (χ2n) is 4.03. The van der Waals surface area contributed by atoms with Crippen LogP contribution in [0.5, 0.6) is 0 Å². The Morgan fingerprint density at radius 1 is 1.50 bits per heavy atom. The smallest absolute Gasteiger partial charge is 0.0582 e. The molecule has 0 spiro atoms. The zero-order valence-corrected chi connectivity index (χ0v) is 8.21. The van der Waals surface area contributed by atoms with E-state index in [0.717, 1.165) is 5.92 Å². The summed E-state index contributed by atoms with van der Waals surface area (Å²) in [5.41, 5.74) is 0. The van der Waals surface area contributed by atoms with Gasteiger partial charge in [0, 0.05) is 12.1 Å². The van der Waals surface area contributed by atoms with Crippen LogP contribution in [0.3, 0.4) is 0 Å². The summed E-state index contributed by atoms with van der Waals surface area (Å²) in [4.78, 5) is 0. The summed E-state index contributed by atoms with van der Waals surface area (Å²) < 4.78 is 0. The van der Waals surface area contributed by atoms with Gasteiger partial charge in [0.15, 0.2) is 0 Å². The van der Waals surface area contributed by atoms with Gasteiger partial charge in [-0.05, 0) is 32.1 Å². The number of hydrogen-bond donors (Lipinski definition) is 2. The molecule has 12 heavy (non-hydrogen) atoms. The minimum atomic E-state index is 0.257. The van der Waals surface area contributed by atoms with Gasteiger partial charge < -0.3 is 10.4 Å². The number of hydrogen-bond acceptors (Lipinski definition) is 2. The molecule has 1 saturated carbocycles. The second kappa shape index (κ2) is 4.83. The van der Waals surface area contributed by atoms with E-state index < -0.39 is 0 Å². The highest BCUT2D eigenvalue weighted by Crippen LogP contribution is 2.27. The van der Waals surface area contributed by atoms with Gasteiger partial charge in [-0.1, -0.05) is 13.3 Å². The van der Waals surface area contributed by atoms with Crippen LogP contribution in [0.25, 0.3) is 0 Å². The molecule has 0 aromatic heterocycles. The maximum absolute atomic E-state index is 8.86. The van der Waals surface area contributed by atoms with Crippen LogP contribution >= 0.6 is 0 Å². The molecule has 2 unspecified atom stereocenters. The topological polar surface area (TPSA) is 32.3 Å². The molecule has 0 aromatic rings. The van der Waals surface area contributed by atoms with Crippen LogP contribution in [0.2, 0.25) is 0 Å². The Morgan fingerprint density at radius 2 is 2.25 bits per heavy atom. The normalized spacial score (nSPS) is 32.2. The molecule has 0 saturated heterocycles. The van der Waals surface area contributed by atoms with E-state index in [2.05, 4.69) is 12.2 Å². The largest absolute Gasteiger partial charge is 0.395 e. The molecule has 2 nitrogen and oxygen atoms in total. The summed E-state index contributed by atoms with van der Waals surface area (Å²) in [5.74, 6) is 0.924. The highest BCUT2D eigenvalue weighted by atomic mass is 16.3. The number of aliphatic hydroxyl groups is 1. The summed E-state index contributed by atoms with van der Waals surface area (Å²) in [6.07, 6.45) is 5.28. The standard InChI is InChI=1S/C10H21NO/c1-3-9-4-5-10(6-9)11-8(2)7-12/h8-12H,3-7H2,1-2H3/t8-,9?,10?/m0/s1. The fraction of sp³-hybridized carbons (Fsp3) is 1.00. The quantitative estimate of drug-likeness (QED) is 0.672. The maximum atomic E-state index is 8.86. The lowest BCUT2D eigenvalue weighted by molar-refractivity contribution is 0.239. The predicted octanol–water partition coefficient (Wildman–Crippen LogP) is 1.54. The third-order valence-corrected chi connectivity index (χ3v) is 2.91. The van der Waals surface area contributed by atoms with E-state index in [4.69, 9.17) is 5.11 Å². The first-order valence-electron chi connectivity index (χ1n) is 5.13. The van der Waals surface area contributed by atoms with Crippen LogP contribution in [0.15, 0.2) is 0 Å². The zero-order valence-electron chi connectivity index (χ0n) is 8.21. The molecule has 0 amide bonds. The maximum Gasteiger partial charge on any atom is 0.0582 e. The van der Waals surface area contributed by atoms with Crippen molar-refractivity contribution < 1.29 is 5.11 Å². The molecule has 0 aromatic carbocycles. The zero-order chi connectivity index (χ0) is 8.97. The van der Waals surface area contributed by atoms with E-state index in [1.54, 1.807) is 0 Å². The fourth-order valence-corrected chi connectivity index (χ4v) is 2.05. The van der Waals surface area contributed by atoms with Gasteiger partial charge in [-0.15, -0.1) is 0 Å². The Bertz CT molecular complexity index is 127. The molecular weight excluding hydrogens is 150 g/mol. The van der Waals surface area contributed by atoms with Gasteiger partial charge in [0.25, 0.3) is 0 Å². The fourth-order valence-electron chi connectivity index (χ4n) is 2.05. The highest BCUT2D eigenvalue weighted by Gasteiger charge is 2.23. The van der Waals surface area contributed by atoms with Crippen LogP contribution in [-0.2, 0) is 0 Å². The van der Waals surface area contributed by atoms with Crippen molar-refractivity contribution in [1.29, 1.82) is 0 Å². The van der Waals surface area contributed by atoms with Crippen molar-refractivity contribution in [3.63, 3.8) is 0 Å². The van der Waals surface area contributed by atoms with Crippen molar-refractivity contribution >= 4 is 0 Å². The average molecular weight is 171 g/mol. The third kappa shape index (κ3) is 2.76. The van der Waals surface area contributed by atoms with Crippen molar-refractivity contribution in [3.8, 4) is 0 Å². The first-order valence-corrected chi connectivity index (χ1v) is 5.13. The monoisotopic (exact) mass is 171 g/mol. The van der Waals surface area contributed by atoms with Crippen molar-refractivity contribution in [1.82, 2.24) is 5.32 Å². The van der Waals surface area contributed by atoms with Crippen molar-refractivity contribution in [2.75, 3.05) is 6.61 Å². The van der Waals surface area contributed by atoms with Crippen LogP contribution in [-0.4, -0.2) is 23.8 Å². The molecule has 2 N–H and O–H groups in total. The Kier molecular flexibility index (Phi) is 4.02. The molecule has 72 valence electrons. The molecule has 1 aliphatic rings. The molecule has 1 aliphatic carbocycles. The molecule has 0 radical (unpaired) electrons. The molecule has 0 aliphatic heterocycles. The van der Waals surface area contributed by atoms with Gasteiger partial charge in [-0.25, -0.2) is 0 Å². The van der Waals surface area contributed by atoms with Crippen molar-refractivity contribution in [3.05, 3.63) is 0 Å². The van der Waals surface area contributed by atoms with Crippen LogP contribution in [0, 0.1) is 5.92 Å². The van der Waals surface area contributed by atoms with Gasteiger partial charge >= 0.3 is 0 Å². The molecule has 0 bridgehead atoms. The lowest BCUT2D eigenvalue weighted by Crippen LogP contribution is -2.37. The number of rotatable bonds is 4. The molecule has 3 atom stereocenters. The summed E-state index contributed by atoms with van der Waals surface area (Å²) in [6, 6.07) is 0.933. The van der Waals surface area contributed by atoms with Crippen molar-refractivity contribution in [2.24, 2.45) is 5.92 Å². The first-order chi connectivity index (χ1) is 5.76. The summed E-state index contributed by atoms with van der Waals surface area (Å²) >= 11 is 0. The van der Waals surface area contributed by atoms with E-state index in [-0.39, 0.29) is 12.6 Å². The highest BCUT2D eigenvalue weighted by molar-refractivity contribution is 4.81. The Labute approximate surface area is 75.4 Å². The summed E-state index contributed by atoms with van der Waals surface area (Å²) in [6.45, 7) is 4.56. The third-order valence-electron chi connectivity index (χ3n) is 2.91. The lowest BCUT2D eigenvalue weighted by atomic mass is 10.1. The summed E-state index contributed by atoms with van der Waals surface area (Å²) in [5, 5.41) is 12.3. The molecule has 2 heteroatoms. The van der Waals surface area contributed by atoms with Gasteiger partial charge in [0.1, 0.15) is 0 Å². The van der Waals surface area contributed by atoms with E-state index in [1.807, 2.05) is 6.92 Å². The molecule has 1 fully saturated rings. The first kappa shape index (κ1) is 10.0. The van der Waals surface area contributed by atoms with Gasteiger partial charge in [-0.2, -0.15) is 0 Å².